The highest BCUT2D eigenvalue weighted by Crippen LogP contribution is 1.95. The Bertz CT molecular complexity index is 242. The third kappa shape index (κ3) is 9.27. The first-order valence-corrected chi connectivity index (χ1v) is 5.94. The Kier molecular flexibility index (Phi) is 7.71. The molecule has 86 valence electrons. The van der Waals surface area contributed by atoms with Gasteiger partial charge in [0.2, 0.25) is 5.91 Å². The van der Waals surface area contributed by atoms with E-state index in [4.69, 9.17) is 5.11 Å². The van der Waals surface area contributed by atoms with Crippen LogP contribution in [0.25, 0.3) is 0 Å². The van der Waals surface area contributed by atoms with Gasteiger partial charge in [0.1, 0.15) is 0 Å². The molecule has 0 aromatic carbocycles. The molecule has 6 heteroatoms. The first kappa shape index (κ1) is 14.0. The number of carboxylic acids is 1. The highest BCUT2D eigenvalue weighted by Gasteiger charge is 2.07. The molecule has 0 atom stereocenters. The van der Waals surface area contributed by atoms with Gasteiger partial charge in [-0.3, -0.25) is 14.4 Å². The van der Waals surface area contributed by atoms with Crippen molar-refractivity contribution in [1.29, 1.82) is 0 Å². The molecule has 0 heterocycles. The van der Waals surface area contributed by atoms with Crippen molar-refractivity contribution < 1.29 is 19.5 Å². The minimum Gasteiger partial charge on any atom is -0.481 e. The highest BCUT2D eigenvalue weighted by atomic mass is 32.2. The van der Waals surface area contributed by atoms with E-state index in [2.05, 4.69) is 5.32 Å². The molecule has 0 aliphatic carbocycles. The van der Waals surface area contributed by atoms with Crippen LogP contribution in [0.5, 0.6) is 0 Å². The molecule has 0 spiro atoms. The van der Waals surface area contributed by atoms with E-state index in [0.717, 1.165) is 5.75 Å². The predicted molar refractivity (Wildman–Crippen MR) is 57.9 cm³/mol. The van der Waals surface area contributed by atoms with Crippen molar-refractivity contribution in [3.63, 3.8) is 0 Å². The fourth-order valence-corrected chi connectivity index (χ4v) is 1.20. The zero-order chi connectivity index (χ0) is 11.7. The lowest BCUT2D eigenvalue weighted by atomic mass is 10.2. The standard InChI is InChI=1S/C9H15NO4S/c1-15-5-4-8(12)10-6-7(11)2-3-9(13)14/h2-6H2,1H3,(H,10,12)(H,13,14). The number of carbonyl (C=O) groups excluding carboxylic acids is 2. The normalized spacial score (nSPS) is 9.67. The van der Waals surface area contributed by atoms with Crippen molar-refractivity contribution in [3.05, 3.63) is 0 Å². The van der Waals surface area contributed by atoms with Crippen molar-refractivity contribution in [2.75, 3.05) is 18.6 Å². The quantitative estimate of drug-likeness (QED) is 0.629. The SMILES string of the molecule is CSCCC(=O)NCC(=O)CCC(=O)O. The van der Waals surface area contributed by atoms with E-state index >= 15 is 0 Å². The monoisotopic (exact) mass is 233 g/mol. The number of carbonyl (C=O) groups is 3. The zero-order valence-corrected chi connectivity index (χ0v) is 9.43. The van der Waals surface area contributed by atoms with Crippen molar-refractivity contribution in [1.82, 2.24) is 5.32 Å². The Labute approximate surface area is 92.6 Å². The first-order valence-electron chi connectivity index (χ1n) is 4.55. The van der Waals surface area contributed by atoms with Gasteiger partial charge in [0.15, 0.2) is 5.78 Å². The smallest absolute Gasteiger partial charge is 0.303 e. The molecule has 0 aromatic heterocycles. The summed E-state index contributed by atoms with van der Waals surface area (Å²) in [7, 11) is 0. The summed E-state index contributed by atoms with van der Waals surface area (Å²) >= 11 is 1.55. The summed E-state index contributed by atoms with van der Waals surface area (Å²) in [5.74, 6) is -0.713. The number of hydrogen-bond donors (Lipinski definition) is 2. The number of ketones is 1. The van der Waals surface area contributed by atoms with Crippen LogP contribution in [0.15, 0.2) is 0 Å². The average molecular weight is 233 g/mol. The molecule has 0 aromatic rings. The van der Waals surface area contributed by atoms with E-state index in [1.807, 2.05) is 6.26 Å². The van der Waals surface area contributed by atoms with E-state index in [1.54, 1.807) is 11.8 Å². The number of amides is 1. The van der Waals surface area contributed by atoms with E-state index in [1.165, 1.54) is 0 Å². The second-order valence-corrected chi connectivity index (χ2v) is 3.94. The van der Waals surface area contributed by atoms with Gasteiger partial charge in [-0.15, -0.1) is 0 Å². The third-order valence-corrected chi connectivity index (χ3v) is 2.25. The van der Waals surface area contributed by atoms with Gasteiger partial charge in [0, 0.05) is 18.6 Å². The minimum absolute atomic E-state index is 0.0296. The number of rotatable bonds is 8. The molecule has 5 nitrogen and oxygen atoms in total. The minimum atomic E-state index is -1.00. The van der Waals surface area contributed by atoms with Crippen LogP contribution in [0.2, 0.25) is 0 Å². The van der Waals surface area contributed by atoms with E-state index in [9.17, 15) is 14.4 Å². The van der Waals surface area contributed by atoms with Crippen LogP contribution >= 0.6 is 11.8 Å². The van der Waals surface area contributed by atoms with Gasteiger partial charge in [-0.2, -0.15) is 11.8 Å². The van der Waals surface area contributed by atoms with Crippen molar-refractivity contribution in [2.45, 2.75) is 19.3 Å². The maximum atomic E-state index is 11.1. The molecule has 2 N–H and O–H groups in total. The van der Waals surface area contributed by atoms with Crippen LogP contribution in [0.3, 0.4) is 0 Å². The van der Waals surface area contributed by atoms with Crippen molar-refractivity contribution in [3.8, 4) is 0 Å². The summed E-state index contributed by atoms with van der Waals surface area (Å²) in [6, 6.07) is 0. The molecule has 0 fully saturated rings. The third-order valence-electron chi connectivity index (χ3n) is 1.63. The molecule has 0 aliphatic rings. The summed E-state index contributed by atoms with van der Waals surface area (Å²) in [6.07, 6.45) is 2.07. The Morgan fingerprint density at radius 1 is 1.20 bits per heavy atom. The summed E-state index contributed by atoms with van der Waals surface area (Å²) in [5, 5.41) is 10.8. The molecule has 0 saturated carbocycles. The lowest BCUT2D eigenvalue weighted by molar-refractivity contribution is -0.138. The Morgan fingerprint density at radius 3 is 2.40 bits per heavy atom. The van der Waals surface area contributed by atoms with E-state index in [-0.39, 0.29) is 31.1 Å². The first-order chi connectivity index (χ1) is 7.06. The summed E-state index contributed by atoms with van der Waals surface area (Å²) in [4.78, 5) is 32.2. The van der Waals surface area contributed by atoms with Crippen molar-refractivity contribution >= 4 is 29.4 Å². The van der Waals surface area contributed by atoms with E-state index < -0.39 is 5.97 Å². The maximum absolute atomic E-state index is 11.1. The van der Waals surface area contributed by atoms with Gasteiger partial charge in [0.25, 0.3) is 0 Å². The van der Waals surface area contributed by atoms with Crippen LogP contribution in [0.4, 0.5) is 0 Å². The fraction of sp³-hybridized carbons (Fsp3) is 0.667. The number of hydrogen-bond acceptors (Lipinski definition) is 4. The lowest BCUT2D eigenvalue weighted by Crippen LogP contribution is -2.29. The van der Waals surface area contributed by atoms with Crippen LogP contribution in [-0.4, -0.2) is 41.3 Å². The van der Waals surface area contributed by atoms with Crippen LogP contribution in [0.1, 0.15) is 19.3 Å². The van der Waals surface area contributed by atoms with Crippen molar-refractivity contribution in [2.24, 2.45) is 0 Å². The largest absolute Gasteiger partial charge is 0.481 e. The topological polar surface area (TPSA) is 83.5 Å². The summed E-state index contributed by atoms with van der Waals surface area (Å²) in [6.45, 7) is -0.0690. The molecular formula is C9H15NO4S. The van der Waals surface area contributed by atoms with Gasteiger partial charge in [0.05, 0.1) is 13.0 Å². The molecule has 0 rings (SSSR count). The Morgan fingerprint density at radius 2 is 1.87 bits per heavy atom. The van der Waals surface area contributed by atoms with Gasteiger partial charge in [-0.05, 0) is 6.26 Å². The lowest BCUT2D eigenvalue weighted by Gasteiger charge is -2.02. The van der Waals surface area contributed by atoms with E-state index in [0.29, 0.717) is 6.42 Å². The fourth-order valence-electron chi connectivity index (χ4n) is 0.815. The van der Waals surface area contributed by atoms with Crippen LogP contribution < -0.4 is 5.32 Å². The number of nitrogens with one attached hydrogen (secondary N) is 1. The van der Waals surface area contributed by atoms with Gasteiger partial charge < -0.3 is 10.4 Å². The van der Waals surface area contributed by atoms with Crippen LogP contribution in [0, 0.1) is 0 Å². The second-order valence-electron chi connectivity index (χ2n) is 2.95. The number of aliphatic carboxylic acids is 1. The Balaban J connectivity index is 3.53. The molecule has 0 saturated heterocycles. The molecule has 15 heavy (non-hydrogen) atoms. The van der Waals surface area contributed by atoms with Gasteiger partial charge in [-0.1, -0.05) is 0 Å². The molecule has 0 aliphatic heterocycles. The number of carboxylic acid groups (broad SMARTS) is 1. The summed E-state index contributed by atoms with van der Waals surface area (Å²) in [5.41, 5.74) is 0. The zero-order valence-electron chi connectivity index (χ0n) is 8.62. The summed E-state index contributed by atoms with van der Waals surface area (Å²) < 4.78 is 0. The van der Waals surface area contributed by atoms with Gasteiger partial charge >= 0.3 is 5.97 Å². The number of Topliss-reactive ketones (excluding diaryl/α,β-unsaturated/α-hetero) is 1. The predicted octanol–water partition coefficient (Wildman–Crippen LogP) is 0.290. The Hall–Kier alpha value is -1.04. The second kappa shape index (κ2) is 8.28. The van der Waals surface area contributed by atoms with Crippen LogP contribution in [-0.2, 0) is 14.4 Å². The maximum Gasteiger partial charge on any atom is 0.303 e. The molecule has 1 amide bonds. The molecular weight excluding hydrogens is 218 g/mol. The molecule has 0 radical (unpaired) electrons. The molecule has 0 bridgehead atoms. The average Bonchev–Trinajstić information content (AvgIpc) is 2.20. The highest BCUT2D eigenvalue weighted by molar-refractivity contribution is 7.98. The molecule has 0 unspecified atom stereocenters. The number of thioether (sulfide) groups is 1. The van der Waals surface area contributed by atoms with Gasteiger partial charge in [-0.25, -0.2) is 0 Å².